The normalized spacial score (nSPS) is 11.9. The molecular formula is C7H7FNaO2S. The van der Waals surface area contributed by atoms with Crippen LogP contribution in [0.2, 0.25) is 0 Å². The van der Waals surface area contributed by atoms with Crippen molar-refractivity contribution >= 4 is 40.6 Å². The molecular weight excluding hydrogens is 190 g/mol. The van der Waals surface area contributed by atoms with Crippen molar-refractivity contribution in [3.05, 3.63) is 29.6 Å². The number of rotatable bonds is 1. The minimum atomic E-state index is -2.02. The number of halogens is 1. The molecule has 1 rings (SSSR count). The number of hydrogen-bond donors (Lipinski definition) is 1. The smallest absolute Gasteiger partial charge is 0.186 e. The molecule has 0 aliphatic heterocycles. The molecule has 1 radical (unpaired) electrons. The van der Waals surface area contributed by atoms with Gasteiger partial charge in [-0.1, -0.05) is 0 Å². The molecule has 12 heavy (non-hydrogen) atoms. The van der Waals surface area contributed by atoms with E-state index in [0.29, 0.717) is 5.56 Å². The summed E-state index contributed by atoms with van der Waals surface area (Å²) < 4.78 is 31.6. The van der Waals surface area contributed by atoms with Crippen LogP contribution < -0.4 is 0 Å². The maximum atomic E-state index is 12.4. The second-order valence-electron chi connectivity index (χ2n) is 2.16. The maximum Gasteiger partial charge on any atom is 0.186 e. The Balaban J connectivity index is 0.00000121. The van der Waals surface area contributed by atoms with E-state index < -0.39 is 16.9 Å². The SMILES string of the molecule is Cc1cc(F)ccc1S(=O)O.[Na]. The summed E-state index contributed by atoms with van der Waals surface area (Å²) in [5, 5.41) is 0. The minimum absolute atomic E-state index is 0. The Labute approximate surface area is 94.8 Å². The second kappa shape index (κ2) is 5.09. The fourth-order valence-electron chi connectivity index (χ4n) is 0.809. The third-order valence-electron chi connectivity index (χ3n) is 1.33. The predicted molar refractivity (Wildman–Crippen MR) is 45.9 cm³/mol. The van der Waals surface area contributed by atoms with Crippen LogP contribution in [-0.2, 0) is 11.1 Å². The summed E-state index contributed by atoms with van der Waals surface area (Å²) in [6.45, 7) is 1.59. The molecule has 0 saturated heterocycles. The van der Waals surface area contributed by atoms with Crippen molar-refractivity contribution in [3.8, 4) is 0 Å². The van der Waals surface area contributed by atoms with Crippen LogP contribution in [0.15, 0.2) is 23.1 Å². The van der Waals surface area contributed by atoms with E-state index in [1.807, 2.05) is 0 Å². The van der Waals surface area contributed by atoms with E-state index in [1.54, 1.807) is 6.92 Å². The van der Waals surface area contributed by atoms with Crippen LogP contribution in [0.1, 0.15) is 5.56 Å². The Morgan fingerprint density at radius 2 is 2.08 bits per heavy atom. The van der Waals surface area contributed by atoms with Gasteiger partial charge in [-0.3, -0.25) is 0 Å². The molecule has 61 valence electrons. The summed E-state index contributed by atoms with van der Waals surface area (Å²) in [6.07, 6.45) is 0. The summed E-state index contributed by atoms with van der Waals surface area (Å²) in [6, 6.07) is 3.70. The first kappa shape index (κ1) is 12.3. The summed E-state index contributed by atoms with van der Waals surface area (Å²) in [5.41, 5.74) is 0.492. The average Bonchev–Trinajstić information content (AvgIpc) is 1.85. The van der Waals surface area contributed by atoms with Crippen LogP contribution in [0.5, 0.6) is 0 Å². The van der Waals surface area contributed by atoms with E-state index in [4.69, 9.17) is 4.55 Å². The predicted octanol–water partition coefficient (Wildman–Crippen LogP) is 1.33. The zero-order valence-electron chi connectivity index (χ0n) is 6.87. The molecule has 0 fully saturated rings. The molecule has 0 heterocycles. The molecule has 1 N–H and O–H groups in total. The first-order chi connectivity index (χ1) is 5.11. The Hall–Kier alpha value is 0.260. The molecule has 0 bridgehead atoms. The Kier molecular flexibility index (Phi) is 5.20. The van der Waals surface area contributed by atoms with E-state index in [0.717, 1.165) is 6.07 Å². The van der Waals surface area contributed by atoms with Crippen molar-refractivity contribution in [1.29, 1.82) is 0 Å². The van der Waals surface area contributed by atoms with Crippen LogP contribution in [0.3, 0.4) is 0 Å². The van der Waals surface area contributed by atoms with Crippen LogP contribution in [0, 0.1) is 12.7 Å². The molecule has 0 aliphatic rings. The van der Waals surface area contributed by atoms with Gasteiger partial charge in [0.15, 0.2) is 11.1 Å². The molecule has 0 aromatic heterocycles. The van der Waals surface area contributed by atoms with E-state index >= 15 is 0 Å². The van der Waals surface area contributed by atoms with E-state index in [2.05, 4.69) is 0 Å². The quantitative estimate of drug-likeness (QED) is 0.544. The van der Waals surface area contributed by atoms with Gasteiger partial charge in [0.2, 0.25) is 0 Å². The molecule has 0 saturated carbocycles. The van der Waals surface area contributed by atoms with Crippen molar-refractivity contribution < 1.29 is 13.2 Å². The maximum absolute atomic E-state index is 12.4. The Morgan fingerprint density at radius 3 is 2.50 bits per heavy atom. The third-order valence-corrected chi connectivity index (χ3v) is 2.16. The third kappa shape index (κ3) is 2.95. The number of benzene rings is 1. The van der Waals surface area contributed by atoms with Gasteiger partial charge in [0.25, 0.3) is 0 Å². The molecule has 2 nitrogen and oxygen atoms in total. The molecule has 1 aromatic carbocycles. The molecule has 5 heteroatoms. The van der Waals surface area contributed by atoms with Crippen molar-refractivity contribution in [2.75, 3.05) is 0 Å². The van der Waals surface area contributed by atoms with Crippen LogP contribution in [0.25, 0.3) is 0 Å². The fraction of sp³-hybridized carbons (Fsp3) is 0.143. The summed E-state index contributed by atoms with van der Waals surface area (Å²) in [7, 11) is 0. The van der Waals surface area contributed by atoms with E-state index in [1.165, 1.54) is 12.1 Å². The molecule has 0 amide bonds. The molecule has 1 unspecified atom stereocenters. The van der Waals surface area contributed by atoms with Gasteiger partial charge >= 0.3 is 0 Å². The van der Waals surface area contributed by atoms with Gasteiger partial charge in [-0.25, -0.2) is 8.60 Å². The first-order valence-electron chi connectivity index (χ1n) is 2.98. The Morgan fingerprint density at radius 1 is 1.50 bits per heavy atom. The van der Waals surface area contributed by atoms with Gasteiger partial charge in [0.05, 0.1) is 4.90 Å². The number of aryl methyl sites for hydroxylation is 1. The zero-order valence-corrected chi connectivity index (χ0v) is 9.69. The van der Waals surface area contributed by atoms with Crippen molar-refractivity contribution in [1.82, 2.24) is 0 Å². The topological polar surface area (TPSA) is 37.3 Å². The van der Waals surface area contributed by atoms with Crippen LogP contribution in [0.4, 0.5) is 4.39 Å². The van der Waals surface area contributed by atoms with Crippen LogP contribution in [-0.4, -0.2) is 38.3 Å². The van der Waals surface area contributed by atoms with Crippen molar-refractivity contribution in [2.24, 2.45) is 0 Å². The van der Waals surface area contributed by atoms with Gasteiger partial charge < -0.3 is 4.55 Å². The largest absolute Gasteiger partial charge is 0.302 e. The first-order valence-corrected chi connectivity index (χ1v) is 4.09. The van der Waals surface area contributed by atoms with Crippen molar-refractivity contribution in [3.63, 3.8) is 0 Å². The summed E-state index contributed by atoms with van der Waals surface area (Å²) >= 11 is -2.02. The molecule has 0 spiro atoms. The molecule has 0 aliphatic carbocycles. The summed E-state index contributed by atoms with van der Waals surface area (Å²) in [5.74, 6) is -0.392. The van der Waals surface area contributed by atoms with Gasteiger partial charge in [-0.15, -0.1) is 0 Å². The van der Waals surface area contributed by atoms with E-state index in [-0.39, 0.29) is 34.5 Å². The molecule has 1 aromatic rings. The fourth-order valence-corrected chi connectivity index (χ4v) is 1.33. The standard InChI is InChI=1S/C7H7FO2S.Na/c1-5-4-6(8)2-3-7(5)11(9)10;/h2-4H,1H3,(H,9,10);. The van der Waals surface area contributed by atoms with Crippen molar-refractivity contribution in [2.45, 2.75) is 11.8 Å². The van der Waals surface area contributed by atoms with Crippen LogP contribution >= 0.6 is 0 Å². The number of hydrogen-bond acceptors (Lipinski definition) is 1. The van der Waals surface area contributed by atoms with E-state index in [9.17, 15) is 8.60 Å². The minimum Gasteiger partial charge on any atom is -0.302 e. The monoisotopic (exact) mass is 197 g/mol. The Bertz CT molecular complexity index is 303. The summed E-state index contributed by atoms with van der Waals surface area (Å²) in [4.78, 5) is 0.256. The van der Waals surface area contributed by atoms with Gasteiger partial charge in [-0.05, 0) is 30.7 Å². The molecule has 1 atom stereocenters. The second-order valence-corrected chi connectivity index (χ2v) is 3.10. The average molecular weight is 197 g/mol. The van der Waals surface area contributed by atoms with Gasteiger partial charge in [-0.2, -0.15) is 0 Å². The van der Waals surface area contributed by atoms with Gasteiger partial charge in [0, 0.05) is 29.6 Å². The zero-order chi connectivity index (χ0) is 8.43. The van der Waals surface area contributed by atoms with Gasteiger partial charge in [0.1, 0.15) is 5.82 Å².